The molecule has 5 heteroatoms. The molecule has 0 radical (unpaired) electrons. The Bertz CT molecular complexity index is 3320. The van der Waals surface area contributed by atoms with E-state index in [9.17, 15) is 0 Å². The lowest BCUT2D eigenvalue weighted by atomic mass is 9.85. The zero-order valence-electron chi connectivity index (χ0n) is 30.1. The van der Waals surface area contributed by atoms with Crippen LogP contribution in [0.15, 0.2) is 174 Å². The van der Waals surface area contributed by atoms with Gasteiger partial charge in [0.1, 0.15) is 34.4 Å². The van der Waals surface area contributed by atoms with E-state index in [1.807, 2.05) is 121 Å². The predicted molar refractivity (Wildman–Crippen MR) is 225 cm³/mol. The molecule has 1 nitrogen and oxygen atoms in total. The van der Waals surface area contributed by atoms with Crippen molar-refractivity contribution >= 4 is 65.0 Å². The molecule has 0 fully saturated rings. The van der Waals surface area contributed by atoms with Crippen LogP contribution in [0.1, 0.15) is 0 Å². The Morgan fingerprint density at radius 2 is 0.649 bits per heavy atom. The van der Waals surface area contributed by atoms with Crippen molar-refractivity contribution in [3.63, 3.8) is 0 Å². The maximum atomic E-state index is 15.5. The van der Waals surface area contributed by atoms with Crippen molar-refractivity contribution in [2.75, 3.05) is 0 Å². The Kier molecular flexibility index (Phi) is 7.35. The van der Waals surface area contributed by atoms with Crippen LogP contribution in [0.25, 0.3) is 110 Å². The fourth-order valence-corrected chi connectivity index (χ4v) is 9.02. The first-order valence-electron chi connectivity index (χ1n) is 18.7. The molecule has 10 aromatic carbocycles. The van der Waals surface area contributed by atoms with Gasteiger partial charge in [0, 0.05) is 33.0 Å². The van der Waals surface area contributed by atoms with Gasteiger partial charge in [-0.2, -0.15) is 0 Å². The van der Waals surface area contributed by atoms with E-state index in [-0.39, 0.29) is 11.1 Å². The summed E-state index contributed by atoms with van der Waals surface area (Å²) in [7, 11) is 0. The van der Waals surface area contributed by atoms with Crippen LogP contribution in [0.2, 0.25) is 0 Å². The third-order valence-electron chi connectivity index (χ3n) is 11.3. The van der Waals surface area contributed by atoms with Gasteiger partial charge in [-0.1, -0.05) is 133 Å². The molecular formula is C52H28F4O. The van der Waals surface area contributed by atoms with Gasteiger partial charge in [-0.25, -0.2) is 17.6 Å². The largest absolute Gasteiger partial charge is 0.455 e. The highest BCUT2D eigenvalue weighted by Gasteiger charge is 2.25. The molecule has 270 valence electrons. The van der Waals surface area contributed by atoms with Crippen molar-refractivity contribution in [3.05, 3.63) is 193 Å². The third kappa shape index (κ3) is 4.88. The van der Waals surface area contributed by atoms with Crippen molar-refractivity contribution in [1.29, 1.82) is 0 Å². The summed E-state index contributed by atoms with van der Waals surface area (Å²) in [5.41, 5.74) is 5.84. The van der Waals surface area contributed by atoms with Gasteiger partial charge in [-0.05, 0) is 90.6 Å². The summed E-state index contributed by atoms with van der Waals surface area (Å²) in [5, 5.41) is 8.16. The maximum Gasteiger partial charge on any atom is 0.143 e. The first-order valence-corrected chi connectivity index (χ1v) is 18.7. The lowest BCUT2D eigenvalue weighted by Gasteiger charge is -2.18. The summed E-state index contributed by atoms with van der Waals surface area (Å²) in [5.74, 6) is -2.48. The van der Waals surface area contributed by atoms with E-state index in [0.29, 0.717) is 22.3 Å². The molecule has 0 aliphatic carbocycles. The summed E-state index contributed by atoms with van der Waals surface area (Å²) < 4.78 is 68.8. The highest BCUT2D eigenvalue weighted by atomic mass is 19.1. The lowest BCUT2D eigenvalue weighted by molar-refractivity contribution is 0.589. The Morgan fingerprint density at radius 1 is 0.281 bits per heavy atom. The first-order chi connectivity index (χ1) is 28.0. The first kappa shape index (κ1) is 33.1. The summed E-state index contributed by atoms with van der Waals surface area (Å²) >= 11 is 0. The number of fused-ring (bicyclic) bond motifs is 7. The lowest BCUT2D eigenvalue weighted by Crippen LogP contribution is -1.95. The molecular weight excluding hydrogens is 717 g/mol. The summed E-state index contributed by atoms with van der Waals surface area (Å²) in [6, 6.07) is 51.1. The van der Waals surface area contributed by atoms with Crippen molar-refractivity contribution in [1.82, 2.24) is 0 Å². The van der Waals surface area contributed by atoms with Crippen LogP contribution in [0.4, 0.5) is 17.6 Å². The van der Waals surface area contributed by atoms with Gasteiger partial charge in [0.2, 0.25) is 0 Å². The molecule has 0 saturated carbocycles. The second kappa shape index (κ2) is 12.7. The molecule has 0 spiro atoms. The van der Waals surface area contributed by atoms with Crippen LogP contribution >= 0.6 is 0 Å². The second-order valence-electron chi connectivity index (χ2n) is 14.4. The van der Waals surface area contributed by atoms with E-state index in [1.54, 1.807) is 0 Å². The van der Waals surface area contributed by atoms with Crippen molar-refractivity contribution in [2.24, 2.45) is 0 Å². The third-order valence-corrected chi connectivity index (χ3v) is 11.3. The molecule has 0 atom stereocenters. The Hall–Kier alpha value is -7.24. The Balaban J connectivity index is 1.18. The second-order valence-corrected chi connectivity index (χ2v) is 14.4. The van der Waals surface area contributed by atoms with Crippen LogP contribution in [-0.4, -0.2) is 0 Å². The SMILES string of the molecule is Fc1cccc(F)c1-c1c2ccccc2c(-c2ccc3c(c2)oc2c(-c4c5ccccc5c(-c5c(F)cccc5F)c5ccccc45)cccc23)c2ccccc12. The predicted octanol–water partition coefficient (Wildman–Crippen LogP) is 15.4. The topological polar surface area (TPSA) is 13.1 Å². The van der Waals surface area contributed by atoms with Gasteiger partial charge in [0.15, 0.2) is 0 Å². The number of furan rings is 1. The van der Waals surface area contributed by atoms with Crippen LogP contribution in [-0.2, 0) is 0 Å². The molecule has 11 aromatic rings. The van der Waals surface area contributed by atoms with E-state index in [2.05, 4.69) is 12.1 Å². The highest BCUT2D eigenvalue weighted by Crippen LogP contribution is 2.49. The number of benzene rings is 10. The summed E-state index contributed by atoms with van der Waals surface area (Å²) in [6.07, 6.45) is 0. The zero-order chi connectivity index (χ0) is 38.4. The van der Waals surface area contributed by atoms with E-state index in [1.165, 1.54) is 36.4 Å². The molecule has 0 N–H and O–H groups in total. The number of halogens is 4. The standard InChI is InChI=1S/C52H28F4O/c53-41-22-10-23-42(54)50(41)48-35-16-5-1-12-31(35)46(32-13-2-6-17-36(32)48)29-26-27-30-39-20-9-21-40(52(39)57-45(30)28-29)47-33-14-3-7-18-37(33)49(38-19-8-4-15-34(38)47)51-43(55)24-11-25-44(51)56/h1-28H. The Labute approximate surface area is 323 Å². The average Bonchev–Trinajstić information content (AvgIpc) is 3.61. The summed E-state index contributed by atoms with van der Waals surface area (Å²) in [6.45, 7) is 0. The molecule has 0 amide bonds. The molecule has 1 heterocycles. The van der Waals surface area contributed by atoms with Crippen LogP contribution < -0.4 is 0 Å². The number of rotatable bonds is 4. The number of para-hydroxylation sites is 1. The fourth-order valence-electron chi connectivity index (χ4n) is 9.02. The van der Waals surface area contributed by atoms with Crippen LogP contribution in [0.5, 0.6) is 0 Å². The van der Waals surface area contributed by atoms with E-state index >= 15 is 17.6 Å². The molecule has 0 aliphatic heterocycles. The van der Waals surface area contributed by atoms with Crippen molar-refractivity contribution < 1.29 is 22.0 Å². The maximum absolute atomic E-state index is 15.5. The van der Waals surface area contributed by atoms with Gasteiger partial charge < -0.3 is 4.42 Å². The average molecular weight is 745 g/mol. The summed E-state index contributed by atoms with van der Waals surface area (Å²) in [4.78, 5) is 0. The zero-order valence-corrected chi connectivity index (χ0v) is 30.1. The van der Waals surface area contributed by atoms with E-state index < -0.39 is 23.3 Å². The highest BCUT2D eigenvalue weighted by molar-refractivity contribution is 6.25. The molecule has 0 bridgehead atoms. The Morgan fingerprint density at radius 3 is 1.09 bits per heavy atom. The van der Waals surface area contributed by atoms with Crippen LogP contribution in [0.3, 0.4) is 0 Å². The minimum Gasteiger partial charge on any atom is -0.455 e. The van der Waals surface area contributed by atoms with E-state index in [0.717, 1.165) is 76.1 Å². The smallest absolute Gasteiger partial charge is 0.143 e. The van der Waals surface area contributed by atoms with Crippen molar-refractivity contribution in [2.45, 2.75) is 0 Å². The molecule has 11 rings (SSSR count). The van der Waals surface area contributed by atoms with E-state index in [4.69, 9.17) is 4.42 Å². The molecule has 57 heavy (non-hydrogen) atoms. The molecule has 0 saturated heterocycles. The minimum absolute atomic E-state index is 0.0520. The van der Waals surface area contributed by atoms with Gasteiger partial charge in [-0.3, -0.25) is 0 Å². The molecule has 0 aliphatic rings. The number of hydrogen-bond acceptors (Lipinski definition) is 1. The monoisotopic (exact) mass is 744 g/mol. The molecule has 1 aromatic heterocycles. The van der Waals surface area contributed by atoms with Crippen LogP contribution in [0, 0.1) is 23.3 Å². The van der Waals surface area contributed by atoms with Gasteiger partial charge in [0.25, 0.3) is 0 Å². The van der Waals surface area contributed by atoms with Gasteiger partial charge in [0.05, 0.1) is 11.1 Å². The van der Waals surface area contributed by atoms with Crippen molar-refractivity contribution in [3.8, 4) is 44.5 Å². The normalized spacial score (nSPS) is 11.9. The number of hydrogen-bond donors (Lipinski definition) is 0. The molecule has 0 unspecified atom stereocenters. The fraction of sp³-hybridized carbons (Fsp3) is 0. The van der Waals surface area contributed by atoms with Gasteiger partial charge >= 0.3 is 0 Å². The van der Waals surface area contributed by atoms with Gasteiger partial charge in [-0.15, -0.1) is 0 Å². The quantitative estimate of drug-likeness (QED) is 0.129. The minimum atomic E-state index is -0.622.